The smallest absolute Gasteiger partial charge is 0.306 e. The normalized spacial score (nSPS) is 11.7. The minimum absolute atomic E-state index is 0.00688. The zero-order valence-corrected chi connectivity index (χ0v) is 23.2. The molecule has 42 heavy (non-hydrogen) atoms. The van der Waals surface area contributed by atoms with Crippen molar-refractivity contribution in [3.05, 3.63) is 118 Å². The van der Waals surface area contributed by atoms with Crippen LogP contribution in [0, 0.1) is 0 Å². The number of benzene rings is 4. The molecule has 5 rings (SSSR count). The summed E-state index contributed by atoms with van der Waals surface area (Å²) in [6.45, 7) is 0.452. The third kappa shape index (κ3) is 6.07. The van der Waals surface area contributed by atoms with E-state index in [1.807, 2.05) is 30.3 Å². The number of esters is 1. The van der Waals surface area contributed by atoms with Gasteiger partial charge in [-0.15, -0.1) is 0 Å². The lowest BCUT2D eigenvalue weighted by molar-refractivity contribution is -0.140. The Balaban J connectivity index is 1.50. The fourth-order valence-electron chi connectivity index (χ4n) is 4.91. The number of aromatic hydroxyl groups is 2. The molecule has 0 saturated heterocycles. The summed E-state index contributed by atoms with van der Waals surface area (Å²) < 4.78 is 22.3. The molecule has 0 amide bonds. The average molecular weight is 567 g/mol. The van der Waals surface area contributed by atoms with Crippen molar-refractivity contribution in [1.29, 1.82) is 0 Å². The van der Waals surface area contributed by atoms with Crippen LogP contribution in [0.4, 0.5) is 0 Å². The van der Waals surface area contributed by atoms with Crippen LogP contribution in [0.25, 0.3) is 22.3 Å². The summed E-state index contributed by atoms with van der Waals surface area (Å²) in [6, 6.07) is 26.3. The lowest BCUT2D eigenvalue weighted by atomic mass is 9.86. The van der Waals surface area contributed by atoms with E-state index in [4.69, 9.17) is 18.6 Å². The topological polar surface area (TPSA) is 115 Å². The van der Waals surface area contributed by atoms with Gasteiger partial charge in [-0.2, -0.15) is 0 Å². The van der Waals surface area contributed by atoms with E-state index >= 15 is 0 Å². The quantitative estimate of drug-likeness (QED) is 0.192. The predicted octanol–water partition coefficient (Wildman–Crippen LogP) is 6.20. The molecule has 1 heterocycles. The van der Waals surface area contributed by atoms with Crippen LogP contribution in [-0.2, 0) is 16.0 Å². The van der Waals surface area contributed by atoms with Crippen LogP contribution >= 0.6 is 0 Å². The molecule has 0 spiro atoms. The van der Waals surface area contributed by atoms with Gasteiger partial charge in [0.05, 0.1) is 27.2 Å². The molecule has 0 unspecified atom stereocenters. The van der Waals surface area contributed by atoms with Crippen LogP contribution in [-0.4, -0.2) is 37.0 Å². The molecule has 2 N–H and O–H groups in total. The standard InChI is InChI=1S/C34H30O8/c1-39-24-12-8-21(9-13-24)16-17-41-25-14-10-22(11-15-25)26(18-31(38)40-2)32-27(35)19-28(36)33-29(37)20-30(42-34(32)33)23-6-4-3-5-7-23/h3-15,19-20,26,35-36H,16-18H2,1-2H3/t26-/m0/s1. The van der Waals surface area contributed by atoms with Crippen molar-refractivity contribution >= 4 is 16.9 Å². The van der Waals surface area contributed by atoms with Crippen molar-refractivity contribution in [3.63, 3.8) is 0 Å². The van der Waals surface area contributed by atoms with Gasteiger partial charge in [0.2, 0.25) is 0 Å². The van der Waals surface area contributed by atoms with Gasteiger partial charge in [-0.1, -0.05) is 54.6 Å². The second kappa shape index (κ2) is 12.5. The van der Waals surface area contributed by atoms with E-state index in [2.05, 4.69) is 0 Å². The molecule has 1 aromatic heterocycles. The van der Waals surface area contributed by atoms with Crippen LogP contribution in [0.2, 0.25) is 0 Å². The Labute approximate surface area is 242 Å². The van der Waals surface area contributed by atoms with Gasteiger partial charge in [0.15, 0.2) is 5.43 Å². The molecule has 214 valence electrons. The first-order valence-electron chi connectivity index (χ1n) is 13.4. The van der Waals surface area contributed by atoms with Gasteiger partial charge >= 0.3 is 5.97 Å². The molecule has 4 aromatic carbocycles. The first-order valence-corrected chi connectivity index (χ1v) is 13.4. The van der Waals surface area contributed by atoms with Crippen molar-refractivity contribution in [2.24, 2.45) is 0 Å². The lowest BCUT2D eigenvalue weighted by Gasteiger charge is -2.20. The summed E-state index contributed by atoms with van der Waals surface area (Å²) in [7, 11) is 2.91. The van der Waals surface area contributed by atoms with Gasteiger partial charge in [-0.25, -0.2) is 0 Å². The lowest BCUT2D eigenvalue weighted by Crippen LogP contribution is -2.12. The van der Waals surface area contributed by atoms with Gasteiger partial charge in [0.1, 0.15) is 39.7 Å². The fourth-order valence-corrected chi connectivity index (χ4v) is 4.91. The number of carbonyl (C=O) groups is 1. The van der Waals surface area contributed by atoms with E-state index in [1.165, 1.54) is 13.2 Å². The minimum Gasteiger partial charge on any atom is -0.507 e. The van der Waals surface area contributed by atoms with Crippen LogP contribution in [0.5, 0.6) is 23.0 Å². The SMILES string of the molecule is COC(=O)C[C@@H](c1ccc(OCCc2ccc(OC)cc2)cc1)c1c(O)cc(O)c2c(=O)cc(-c3ccccc3)oc12. The van der Waals surface area contributed by atoms with Crippen LogP contribution < -0.4 is 14.9 Å². The Morgan fingerprint density at radius 1 is 0.857 bits per heavy atom. The molecule has 8 heteroatoms. The summed E-state index contributed by atoms with van der Waals surface area (Å²) in [5, 5.41) is 21.6. The molecule has 5 aromatic rings. The van der Waals surface area contributed by atoms with Crippen LogP contribution in [0.1, 0.15) is 29.0 Å². The molecule has 0 fully saturated rings. The third-order valence-corrected chi connectivity index (χ3v) is 7.10. The number of ether oxygens (including phenoxy) is 3. The number of rotatable bonds is 10. The second-order valence-electron chi connectivity index (χ2n) is 9.72. The Kier molecular flexibility index (Phi) is 8.43. The van der Waals surface area contributed by atoms with Gasteiger partial charge in [-0.3, -0.25) is 9.59 Å². The summed E-state index contributed by atoms with van der Waals surface area (Å²) in [5.41, 5.74) is 2.11. The monoisotopic (exact) mass is 566 g/mol. The van der Waals surface area contributed by atoms with Crippen molar-refractivity contribution in [1.82, 2.24) is 0 Å². The largest absolute Gasteiger partial charge is 0.507 e. The highest BCUT2D eigenvalue weighted by Gasteiger charge is 2.28. The Bertz CT molecular complexity index is 1740. The highest BCUT2D eigenvalue weighted by Crippen LogP contribution is 2.43. The molecule has 0 bridgehead atoms. The zero-order chi connectivity index (χ0) is 29.6. The average Bonchev–Trinajstić information content (AvgIpc) is 3.01. The van der Waals surface area contributed by atoms with E-state index in [0.717, 1.165) is 17.4 Å². The maximum atomic E-state index is 13.2. The number of phenolic OH excluding ortho intramolecular Hbond substituents is 2. The third-order valence-electron chi connectivity index (χ3n) is 7.10. The zero-order valence-electron chi connectivity index (χ0n) is 23.2. The van der Waals surface area contributed by atoms with Crippen molar-refractivity contribution in [2.75, 3.05) is 20.8 Å². The number of methoxy groups -OCH3 is 2. The molecule has 0 radical (unpaired) electrons. The van der Waals surface area contributed by atoms with Crippen molar-refractivity contribution in [3.8, 4) is 34.3 Å². The molecule has 0 saturated carbocycles. The number of hydrogen-bond donors (Lipinski definition) is 2. The first-order chi connectivity index (χ1) is 20.4. The fraction of sp³-hybridized carbons (Fsp3) is 0.176. The van der Waals surface area contributed by atoms with Gasteiger partial charge < -0.3 is 28.8 Å². The minimum atomic E-state index is -0.761. The molecular formula is C34H30O8. The summed E-state index contributed by atoms with van der Waals surface area (Å²) in [6.07, 6.45) is 0.549. The Morgan fingerprint density at radius 3 is 2.21 bits per heavy atom. The number of carbonyl (C=O) groups excluding carboxylic acids is 1. The van der Waals surface area contributed by atoms with Gasteiger partial charge in [0, 0.05) is 35.6 Å². The summed E-state index contributed by atoms with van der Waals surface area (Å²) in [5.74, 6) is -0.345. The van der Waals surface area contributed by atoms with Crippen LogP contribution in [0.3, 0.4) is 0 Å². The number of fused-ring (bicyclic) bond motifs is 1. The van der Waals surface area contributed by atoms with Crippen LogP contribution in [0.15, 0.2) is 100 Å². The highest BCUT2D eigenvalue weighted by molar-refractivity contribution is 5.90. The first kappa shape index (κ1) is 28.3. The molecule has 0 aliphatic carbocycles. The highest BCUT2D eigenvalue weighted by atomic mass is 16.5. The molecular weight excluding hydrogens is 536 g/mol. The number of hydrogen-bond acceptors (Lipinski definition) is 8. The second-order valence-corrected chi connectivity index (χ2v) is 9.72. The van der Waals surface area contributed by atoms with E-state index in [0.29, 0.717) is 29.9 Å². The molecule has 0 aliphatic heterocycles. The van der Waals surface area contributed by atoms with Gasteiger partial charge in [0.25, 0.3) is 0 Å². The van der Waals surface area contributed by atoms with E-state index in [9.17, 15) is 19.8 Å². The summed E-state index contributed by atoms with van der Waals surface area (Å²) in [4.78, 5) is 25.7. The van der Waals surface area contributed by atoms with Crippen molar-refractivity contribution < 1.29 is 33.6 Å². The Morgan fingerprint density at radius 2 is 1.55 bits per heavy atom. The Hall–Kier alpha value is -5.24. The van der Waals surface area contributed by atoms with Crippen molar-refractivity contribution in [2.45, 2.75) is 18.8 Å². The maximum Gasteiger partial charge on any atom is 0.306 e. The van der Waals surface area contributed by atoms with E-state index in [-0.39, 0.29) is 34.5 Å². The number of phenols is 2. The molecule has 1 atom stereocenters. The molecule has 0 aliphatic rings. The van der Waals surface area contributed by atoms with E-state index < -0.39 is 23.1 Å². The predicted molar refractivity (Wildman–Crippen MR) is 158 cm³/mol. The maximum absolute atomic E-state index is 13.2. The van der Waals surface area contributed by atoms with E-state index in [1.54, 1.807) is 55.6 Å². The molecule has 8 nitrogen and oxygen atoms in total. The summed E-state index contributed by atoms with van der Waals surface area (Å²) >= 11 is 0. The van der Waals surface area contributed by atoms with Gasteiger partial charge in [-0.05, 0) is 35.4 Å².